The van der Waals surface area contributed by atoms with E-state index in [0.29, 0.717) is 6.42 Å². The minimum atomic E-state index is -0.677. The molecule has 0 atom stereocenters. The smallest absolute Gasteiger partial charge is 0.303 e. The Labute approximate surface area is 129 Å². The Morgan fingerprint density at radius 1 is 0.810 bits per heavy atom. The molecule has 0 aromatic rings. The molecule has 0 saturated carbocycles. The van der Waals surface area contributed by atoms with Crippen molar-refractivity contribution in [2.45, 2.75) is 71.1 Å². The largest absolute Gasteiger partial charge is 0.481 e. The van der Waals surface area contributed by atoms with Gasteiger partial charge in [0.05, 0.1) is 0 Å². The fraction of sp³-hybridized carbons (Fsp3) is 0.611. The molecule has 0 rings (SSSR count). The number of aliphatic carboxylic acids is 1. The maximum Gasteiger partial charge on any atom is 0.303 e. The molecule has 0 aromatic heterocycles. The van der Waals surface area contributed by atoms with Crippen molar-refractivity contribution in [2.75, 3.05) is 0 Å². The molecule has 0 aliphatic heterocycles. The molecule has 21 heavy (non-hydrogen) atoms. The molecular formula is C18H32O3. The second-order valence-electron chi connectivity index (χ2n) is 5.08. The van der Waals surface area contributed by atoms with E-state index in [4.69, 9.17) is 5.11 Å². The molecule has 3 nitrogen and oxygen atoms in total. The van der Waals surface area contributed by atoms with Gasteiger partial charge < -0.3 is 10.6 Å². The first-order valence-corrected chi connectivity index (χ1v) is 7.97. The van der Waals surface area contributed by atoms with Crippen LogP contribution in [-0.2, 0) is 4.79 Å². The van der Waals surface area contributed by atoms with Crippen molar-refractivity contribution in [2.24, 2.45) is 0 Å². The van der Waals surface area contributed by atoms with Crippen molar-refractivity contribution in [3.8, 4) is 0 Å². The van der Waals surface area contributed by atoms with E-state index in [1.54, 1.807) is 0 Å². The highest BCUT2D eigenvalue weighted by Crippen LogP contribution is 2.07. The van der Waals surface area contributed by atoms with E-state index in [1.165, 1.54) is 32.1 Å². The van der Waals surface area contributed by atoms with Crippen LogP contribution in [0.1, 0.15) is 71.1 Å². The van der Waals surface area contributed by atoms with Crippen LogP contribution in [0, 0.1) is 0 Å². The van der Waals surface area contributed by atoms with E-state index < -0.39 is 5.97 Å². The van der Waals surface area contributed by atoms with Crippen LogP contribution < -0.4 is 0 Å². The summed E-state index contributed by atoms with van der Waals surface area (Å²) in [5.41, 5.74) is 0. The zero-order valence-corrected chi connectivity index (χ0v) is 13.4. The lowest BCUT2D eigenvalue weighted by Crippen LogP contribution is -1.93. The average Bonchev–Trinajstić information content (AvgIpc) is 2.43. The zero-order chi connectivity index (χ0) is 14.9. The summed E-state index contributed by atoms with van der Waals surface area (Å²) in [5.74, 6) is -0.677. The molecule has 0 aromatic carbocycles. The maximum atomic E-state index is 10.3. The summed E-state index contributed by atoms with van der Waals surface area (Å²) in [6.07, 6.45) is 23.3. The molecule has 0 bridgehead atoms. The number of hydrogen-bond donors (Lipinski definition) is 1. The van der Waals surface area contributed by atoms with Crippen molar-refractivity contribution in [3.63, 3.8) is 0 Å². The normalized spacial score (nSPS) is 11.5. The molecule has 0 fully saturated rings. The van der Waals surface area contributed by atoms with Gasteiger partial charge >= 0.3 is 5.97 Å². The summed E-state index contributed by atoms with van der Waals surface area (Å²) in [6, 6.07) is 0. The minimum absolute atomic E-state index is 0. The quantitative estimate of drug-likeness (QED) is 0.390. The Hall–Kier alpha value is -1.35. The number of hydrogen-bond acceptors (Lipinski definition) is 1. The number of carbonyl (C=O) groups is 1. The molecule has 0 saturated heterocycles. The Kier molecular flexibility index (Phi) is 19.5. The van der Waals surface area contributed by atoms with Crippen molar-refractivity contribution in [1.82, 2.24) is 0 Å². The van der Waals surface area contributed by atoms with Gasteiger partial charge in [-0.1, -0.05) is 75.5 Å². The third kappa shape index (κ3) is 21.1. The number of carboxylic acid groups (broad SMARTS) is 1. The molecule has 0 amide bonds. The molecule has 122 valence electrons. The van der Waals surface area contributed by atoms with Crippen LogP contribution in [0.5, 0.6) is 0 Å². The summed E-state index contributed by atoms with van der Waals surface area (Å²) >= 11 is 0. The fourth-order valence-electron chi connectivity index (χ4n) is 1.87. The number of allylic oxidation sites excluding steroid dienone is 6. The molecule has 0 aliphatic carbocycles. The topological polar surface area (TPSA) is 68.8 Å². The van der Waals surface area contributed by atoms with Crippen molar-refractivity contribution < 1.29 is 15.4 Å². The van der Waals surface area contributed by atoms with E-state index in [-0.39, 0.29) is 5.48 Å². The van der Waals surface area contributed by atoms with E-state index in [1.807, 2.05) is 0 Å². The molecule has 0 heterocycles. The van der Waals surface area contributed by atoms with Gasteiger partial charge in [-0.3, -0.25) is 4.79 Å². The highest BCUT2D eigenvalue weighted by molar-refractivity contribution is 5.66. The summed E-state index contributed by atoms with van der Waals surface area (Å²) in [5, 5.41) is 8.50. The Morgan fingerprint density at radius 2 is 1.33 bits per heavy atom. The Morgan fingerprint density at radius 3 is 1.90 bits per heavy atom. The zero-order valence-electron chi connectivity index (χ0n) is 13.4. The predicted octanol–water partition coefficient (Wildman–Crippen LogP) is 4.84. The monoisotopic (exact) mass is 296 g/mol. The summed E-state index contributed by atoms with van der Waals surface area (Å²) in [7, 11) is 0. The Balaban J connectivity index is 0. The lowest BCUT2D eigenvalue weighted by molar-refractivity contribution is -0.137. The number of unbranched alkanes of at least 4 members (excludes halogenated alkanes) is 7. The number of carboxylic acids is 1. The Bertz CT molecular complexity index is 304. The van der Waals surface area contributed by atoms with E-state index >= 15 is 0 Å². The van der Waals surface area contributed by atoms with Crippen LogP contribution in [0.4, 0.5) is 0 Å². The fourth-order valence-corrected chi connectivity index (χ4v) is 1.87. The third-order valence-corrected chi connectivity index (χ3v) is 3.09. The van der Waals surface area contributed by atoms with Gasteiger partial charge in [-0.25, -0.2) is 0 Å². The van der Waals surface area contributed by atoms with Gasteiger partial charge in [0.25, 0.3) is 0 Å². The van der Waals surface area contributed by atoms with Gasteiger partial charge in [-0.2, -0.15) is 0 Å². The second kappa shape index (κ2) is 18.7. The molecule has 0 unspecified atom stereocenters. The predicted molar refractivity (Wildman–Crippen MR) is 90.5 cm³/mol. The SMILES string of the molecule is CCCCC=CC=CC=CCCCCCCCC(=O)O.O. The first kappa shape index (κ1) is 21.9. The highest BCUT2D eigenvalue weighted by atomic mass is 16.4. The summed E-state index contributed by atoms with van der Waals surface area (Å²) in [6.45, 7) is 2.21. The van der Waals surface area contributed by atoms with E-state index in [2.05, 4.69) is 43.4 Å². The van der Waals surface area contributed by atoms with Gasteiger partial charge in [-0.05, 0) is 25.7 Å². The average molecular weight is 296 g/mol. The highest BCUT2D eigenvalue weighted by Gasteiger charge is 1.95. The standard InChI is InChI=1S/C18H30O2.H2O/c1-2-3-4-5-6-7-8-9-10-11-12-13-14-15-16-17-18(19)20;/h5-10H,2-4,11-17H2,1H3,(H,19,20);1H2. The van der Waals surface area contributed by atoms with Crippen LogP contribution in [0.3, 0.4) is 0 Å². The van der Waals surface area contributed by atoms with E-state index in [9.17, 15) is 4.79 Å². The molecule has 3 N–H and O–H groups in total. The third-order valence-electron chi connectivity index (χ3n) is 3.09. The van der Waals surface area contributed by atoms with E-state index in [0.717, 1.165) is 25.7 Å². The van der Waals surface area contributed by atoms with Gasteiger partial charge in [-0.15, -0.1) is 0 Å². The van der Waals surface area contributed by atoms with Crippen LogP contribution >= 0.6 is 0 Å². The molecule has 0 spiro atoms. The van der Waals surface area contributed by atoms with Crippen LogP contribution in [0.2, 0.25) is 0 Å². The van der Waals surface area contributed by atoms with Gasteiger partial charge in [0.15, 0.2) is 0 Å². The van der Waals surface area contributed by atoms with Crippen LogP contribution in [0.25, 0.3) is 0 Å². The molecule has 3 heteroatoms. The first-order chi connectivity index (χ1) is 9.77. The van der Waals surface area contributed by atoms with Gasteiger partial charge in [0.2, 0.25) is 0 Å². The van der Waals surface area contributed by atoms with Crippen LogP contribution in [-0.4, -0.2) is 16.6 Å². The maximum absolute atomic E-state index is 10.3. The van der Waals surface area contributed by atoms with Gasteiger partial charge in [0, 0.05) is 6.42 Å². The summed E-state index contributed by atoms with van der Waals surface area (Å²) in [4.78, 5) is 10.3. The lowest BCUT2D eigenvalue weighted by Gasteiger charge is -1.97. The minimum Gasteiger partial charge on any atom is -0.481 e. The molecule has 0 aliphatic rings. The van der Waals surface area contributed by atoms with Crippen molar-refractivity contribution in [1.29, 1.82) is 0 Å². The second-order valence-corrected chi connectivity index (χ2v) is 5.08. The van der Waals surface area contributed by atoms with Crippen molar-refractivity contribution >= 4 is 5.97 Å². The van der Waals surface area contributed by atoms with Gasteiger partial charge in [0.1, 0.15) is 0 Å². The number of rotatable bonds is 13. The summed E-state index contributed by atoms with van der Waals surface area (Å²) < 4.78 is 0. The first-order valence-electron chi connectivity index (χ1n) is 7.97. The lowest BCUT2D eigenvalue weighted by atomic mass is 10.1. The molecule has 0 radical (unpaired) electrons. The molecular weight excluding hydrogens is 264 g/mol. The van der Waals surface area contributed by atoms with Crippen molar-refractivity contribution in [3.05, 3.63) is 36.5 Å². The van der Waals surface area contributed by atoms with Crippen LogP contribution in [0.15, 0.2) is 36.5 Å².